The number of aryl methyl sites for hydroxylation is 1. The summed E-state index contributed by atoms with van der Waals surface area (Å²) in [6, 6.07) is 9.03. The number of ketones is 1. The summed E-state index contributed by atoms with van der Waals surface area (Å²) in [5.74, 6) is -2.94. The van der Waals surface area contributed by atoms with Gasteiger partial charge in [0.05, 0.1) is 11.1 Å². The van der Waals surface area contributed by atoms with Crippen molar-refractivity contribution in [2.45, 2.75) is 19.6 Å². The Bertz CT molecular complexity index is 1040. The first-order valence-electron chi connectivity index (χ1n) is 7.94. The smallest absolute Gasteiger partial charge is 0.358 e. The minimum atomic E-state index is -4.78. The number of aromatic amines is 1. The summed E-state index contributed by atoms with van der Waals surface area (Å²) in [4.78, 5) is 27.7. The highest BCUT2D eigenvalue weighted by molar-refractivity contribution is 6.45. The number of hydrogen-bond acceptors (Lipinski definition) is 2. The monoisotopic (exact) mass is 378 g/mol. The Hall–Kier alpha value is -3.16. The summed E-state index contributed by atoms with van der Waals surface area (Å²) < 4.78 is 52.2. The van der Waals surface area contributed by atoms with Gasteiger partial charge in [0.25, 0.3) is 11.7 Å². The second-order valence-corrected chi connectivity index (χ2v) is 5.98. The number of nitrogens with one attached hydrogen (secondary N) is 2. The molecule has 140 valence electrons. The maximum atomic E-state index is 13.1. The van der Waals surface area contributed by atoms with Gasteiger partial charge >= 0.3 is 6.18 Å². The fourth-order valence-electron chi connectivity index (χ4n) is 2.91. The Morgan fingerprint density at radius 2 is 1.81 bits per heavy atom. The molecular formula is C19H14F4N2O2. The summed E-state index contributed by atoms with van der Waals surface area (Å²) in [7, 11) is 0. The summed E-state index contributed by atoms with van der Waals surface area (Å²) in [5, 5.41) is 2.74. The second-order valence-electron chi connectivity index (χ2n) is 5.98. The maximum absolute atomic E-state index is 13.1. The molecule has 8 heteroatoms. The van der Waals surface area contributed by atoms with Gasteiger partial charge in [-0.25, -0.2) is 4.39 Å². The summed E-state index contributed by atoms with van der Waals surface area (Å²) in [5.41, 5.74) is -0.212. The number of benzene rings is 2. The number of alkyl halides is 3. The highest BCUT2D eigenvalue weighted by Crippen LogP contribution is 2.32. The van der Waals surface area contributed by atoms with Crippen LogP contribution in [-0.4, -0.2) is 16.7 Å². The molecule has 0 aliphatic heterocycles. The Labute approximate surface area is 151 Å². The van der Waals surface area contributed by atoms with E-state index < -0.39 is 35.8 Å². The summed E-state index contributed by atoms with van der Waals surface area (Å²) in [6.07, 6.45) is -4.78. The van der Waals surface area contributed by atoms with Crippen LogP contribution >= 0.6 is 0 Å². The zero-order valence-electron chi connectivity index (χ0n) is 14.1. The van der Waals surface area contributed by atoms with Crippen LogP contribution in [0.1, 0.15) is 27.2 Å². The first-order valence-corrected chi connectivity index (χ1v) is 7.94. The fraction of sp³-hybridized carbons (Fsp3) is 0.158. The molecule has 2 aromatic carbocycles. The minimum Gasteiger partial charge on any atom is -0.358 e. The van der Waals surface area contributed by atoms with Crippen molar-refractivity contribution in [1.29, 1.82) is 0 Å². The molecule has 0 unspecified atom stereocenters. The Kier molecular flexibility index (Phi) is 4.73. The quantitative estimate of drug-likeness (QED) is 0.407. The van der Waals surface area contributed by atoms with E-state index >= 15 is 0 Å². The lowest BCUT2D eigenvalue weighted by Gasteiger charge is -2.13. The van der Waals surface area contributed by atoms with Crippen molar-refractivity contribution in [1.82, 2.24) is 10.3 Å². The van der Waals surface area contributed by atoms with E-state index in [9.17, 15) is 27.2 Å². The van der Waals surface area contributed by atoms with Crippen molar-refractivity contribution >= 4 is 22.6 Å². The second kappa shape index (κ2) is 6.86. The number of fused-ring (bicyclic) bond motifs is 1. The van der Waals surface area contributed by atoms with Crippen LogP contribution in [-0.2, 0) is 17.5 Å². The van der Waals surface area contributed by atoms with Crippen LogP contribution < -0.4 is 5.32 Å². The van der Waals surface area contributed by atoms with Gasteiger partial charge in [0.15, 0.2) is 0 Å². The molecule has 0 atom stereocenters. The maximum Gasteiger partial charge on any atom is 0.416 e. The van der Waals surface area contributed by atoms with Gasteiger partial charge in [-0.05, 0) is 30.7 Å². The van der Waals surface area contributed by atoms with Gasteiger partial charge in [0.2, 0.25) is 0 Å². The number of amides is 1. The molecule has 0 radical (unpaired) electrons. The Morgan fingerprint density at radius 3 is 2.52 bits per heavy atom. The predicted octanol–water partition coefficient (Wildman–Crippen LogP) is 4.13. The molecule has 3 rings (SSSR count). The van der Waals surface area contributed by atoms with E-state index in [1.54, 1.807) is 31.2 Å². The highest BCUT2D eigenvalue weighted by atomic mass is 19.4. The third kappa shape index (κ3) is 3.69. The van der Waals surface area contributed by atoms with Crippen LogP contribution in [0.2, 0.25) is 0 Å². The number of carbonyl (C=O) groups is 2. The SMILES string of the molecule is Cc1[nH]c2ccccc2c1C(=O)C(=O)NCc1ccc(F)cc1C(F)(F)F. The van der Waals surface area contributed by atoms with Gasteiger partial charge in [0, 0.05) is 23.1 Å². The molecule has 2 N–H and O–H groups in total. The molecule has 0 saturated carbocycles. The molecule has 0 fully saturated rings. The number of para-hydroxylation sites is 1. The molecule has 1 heterocycles. The zero-order chi connectivity index (χ0) is 19.8. The first-order chi connectivity index (χ1) is 12.7. The van der Waals surface area contributed by atoms with E-state index in [-0.39, 0.29) is 11.1 Å². The third-order valence-corrected chi connectivity index (χ3v) is 4.14. The van der Waals surface area contributed by atoms with Crippen molar-refractivity contribution < 1.29 is 27.2 Å². The van der Waals surface area contributed by atoms with Crippen molar-refractivity contribution in [3.8, 4) is 0 Å². The van der Waals surface area contributed by atoms with E-state index in [1.165, 1.54) is 0 Å². The molecule has 0 bridgehead atoms. The van der Waals surface area contributed by atoms with E-state index in [0.29, 0.717) is 22.7 Å². The molecule has 1 amide bonds. The van der Waals surface area contributed by atoms with Gasteiger partial charge < -0.3 is 10.3 Å². The van der Waals surface area contributed by atoms with Crippen molar-refractivity contribution in [3.05, 3.63) is 70.7 Å². The van der Waals surface area contributed by atoms with Gasteiger partial charge in [-0.2, -0.15) is 13.2 Å². The normalized spacial score (nSPS) is 11.6. The van der Waals surface area contributed by atoms with Crippen LogP contribution in [0.25, 0.3) is 10.9 Å². The van der Waals surface area contributed by atoms with Gasteiger partial charge in [-0.15, -0.1) is 0 Å². The Balaban J connectivity index is 1.82. The van der Waals surface area contributed by atoms with Crippen LogP contribution in [0.3, 0.4) is 0 Å². The van der Waals surface area contributed by atoms with Crippen molar-refractivity contribution in [2.24, 2.45) is 0 Å². The Morgan fingerprint density at radius 1 is 1.11 bits per heavy atom. The minimum absolute atomic E-state index is 0.165. The zero-order valence-corrected chi connectivity index (χ0v) is 14.1. The lowest BCUT2D eigenvalue weighted by molar-refractivity contribution is -0.138. The van der Waals surface area contributed by atoms with E-state index in [1.807, 2.05) is 0 Å². The number of H-pyrrole nitrogens is 1. The lowest BCUT2D eigenvalue weighted by atomic mass is 10.0. The van der Waals surface area contributed by atoms with Crippen molar-refractivity contribution in [3.63, 3.8) is 0 Å². The molecule has 0 aliphatic carbocycles. The molecule has 0 spiro atoms. The topological polar surface area (TPSA) is 62.0 Å². The summed E-state index contributed by atoms with van der Waals surface area (Å²) in [6.45, 7) is 1.07. The number of Topliss-reactive ketones (excluding diaryl/α,β-unsaturated/α-hetero) is 1. The third-order valence-electron chi connectivity index (χ3n) is 4.14. The molecular weight excluding hydrogens is 364 g/mol. The molecule has 27 heavy (non-hydrogen) atoms. The highest BCUT2D eigenvalue weighted by Gasteiger charge is 2.34. The molecule has 3 aromatic rings. The van der Waals surface area contributed by atoms with Crippen LogP contribution in [0.4, 0.5) is 17.6 Å². The van der Waals surface area contributed by atoms with Crippen molar-refractivity contribution in [2.75, 3.05) is 0 Å². The van der Waals surface area contributed by atoms with Gasteiger partial charge in [-0.3, -0.25) is 9.59 Å². The number of aromatic nitrogens is 1. The standard InChI is InChI=1S/C19H14F4N2O2/c1-10-16(13-4-2-3-5-15(13)25-10)17(26)18(27)24-9-11-6-7-12(20)8-14(11)19(21,22)23/h2-8,25H,9H2,1H3,(H,24,27). The number of rotatable bonds is 4. The molecule has 0 aliphatic rings. The first kappa shape index (κ1) is 18.6. The van der Waals surface area contributed by atoms with Gasteiger partial charge in [0.1, 0.15) is 5.82 Å². The fourth-order valence-corrected chi connectivity index (χ4v) is 2.91. The average Bonchev–Trinajstić information content (AvgIpc) is 2.94. The summed E-state index contributed by atoms with van der Waals surface area (Å²) >= 11 is 0. The molecule has 1 aromatic heterocycles. The molecule has 0 saturated heterocycles. The number of carbonyl (C=O) groups excluding carboxylic acids is 2. The molecule has 4 nitrogen and oxygen atoms in total. The van der Waals surface area contributed by atoms with Crippen LogP contribution in [0, 0.1) is 12.7 Å². The van der Waals surface area contributed by atoms with Crippen LogP contribution in [0.15, 0.2) is 42.5 Å². The van der Waals surface area contributed by atoms with Gasteiger partial charge in [-0.1, -0.05) is 24.3 Å². The van der Waals surface area contributed by atoms with E-state index in [2.05, 4.69) is 10.3 Å². The lowest BCUT2D eigenvalue weighted by Crippen LogP contribution is -2.31. The largest absolute Gasteiger partial charge is 0.416 e. The van der Waals surface area contributed by atoms with Crippen LogP contribution in [0.5, 0.6) is 0 Å². The van der Waals surface area contributed by atoms with E-state index in [4.69, 9.17) is 0 Å². The average molecular weight is 378 g/mol. The van der Waals surface area contributed by atoms with E-state index in [0.717, 1.165) is 12.1 Å². The number of hydrogen-bond donors (Lipinski definition) is 2. The predicted molar refractivity (Wildman–Crippen MR) is 90.6 cm³/mol. The number of halogens is 4.